The Labute approximate surface area is 108 Å². The van der Waals surface area contributed by atoms with Crippen molar-refractivity contribution < 1.29 is 13.2 Å². The first kappa shape index (κ1) is 14.7. The van der Waals surface area contributed by atoms with Gasteiger partial charge in [-0.25, -0.2) is 13.1 Å². The van der Waals surface area contributed by atoms with Crippen LogP contribution in [0.5, 0.6) is 0 Å². The fourth-order valence-electron chi connectivity index (χ4n) is 1.34. The Hall–Kier alpha value is -1.40. The van der Waals surface area contributed by atoms with E-state index in [-0.39, 0.29) is 16.3 Å². The van der Waals surface area contributed by atoms with Crippen LogP contribution in [0.1, 0.15) is 31.1 Å². The number of nitrogens with one attached hydrogen (secondary N) is 2. The monoisotopic (exact) mass is 270 g/mol. The average molecular weight is 270 g/mol. The first-order valence-electron chi connectivity index (χ1n) is 5.52. The fraction of sp³-hybridized carbons (Fsp3) is 0.417. The Bertz CT molecular complexity index is 545. The van der Waals surface area contributed by atoms with Crippen LogP contribution >= 0.6 is 0 Å². The molecule has 0 spiro atoms. The molecule has 0 heterocycles. The first-order valence-corrected chi connectivity index (χ1v) is 7.00. The zero-order valence-electron chi connectivity index (χ0n) is 10.9. The van der Waals surface area contributed by atoms with Crippen molar-refractivity contribution in [3.63, 3.8) is 0 Å². The topological polar surface area (TPSA) is 75.3 Å². The molecule has 0 aliphatic heterocycles. The van der Waals surface area contributed by atoms with E-state index in [9.17, 15) is 13.2 Å². The maximum Gasteiger partial charge on any atom is 0.251 e. The molecule has 1 aromatic carbocycles. The molecule has 0 aliphatic rings. The highest BCUT2D eigenvalue weighted by molar-refractivity contribution is 7.89. The Morgan fingerprint density at radius 2 is 1.83 bits per heavy atom. The van der Waals surface area contributed by atoms with Crippen molar-refractivity contribution in [3.8, 4) is 0 Å². The van der Waals surface area contributed by atoms with Crippen molar-refractivity contribution in [1.82, 2.24) is 10.0 Å². The summed E-state index contributed by atoms with van der Waals surface area (Å²) in [6, 6.07) is 5.92. The largest absolute Gasteiger partial charge is 0.347 e. The van der Waals surface area contributed by atoms with Crippen molar-refractivity contribution in [2.75, 3.05) is 7.05 Å². The predicted octanol–water partition coefficient (Wildman–Crippen LogP) is 1.12. The summed E-state index contributed by atoms with van der Waals surface area (Å²) in [5.41, 5.74) is -0.0455. The molecule has 0 aromatic heterocycles. The molecule has 0 fully saturated rings. The fourth-order valence-corrected chi connectivity index (χ4v) is 2.11. The third-order valence-corrected chi connectivity index (χ3v) is 3.58. The molecule has 1 rings (SSSR count). The smallest absolute Gasteiger partial charge is 0.251 e. The van der Waals surface area contributed by atoms with Gasteiger partial charge in [-0.1, -0.05) is 6.07 Å². The van der Waals surface area contributed by atoms with Gasteiger partial charge < -0.3 is 5.32 Å². The van der Waals surface area contributed by atoms with Gasteiger partial charge in [0.15, 0.2) is 0 Å². The summed E-state index contributed by atoms with van der Waals surface area (Å²) in [4.78, 5) is 12.0. The molecule has 0 atom stereocenters. The van der Waals surface area contributed by atoms with Crippen LogP contribution in [0.2, 0.25) is 0 Å². The van der Waals surface area contributed by atoms with E-state index < -0.39 is 10.0 Å². The van der Waals surface area contributed by atoms with Gasteiger partial charge in [-0.15, -0.1) is 0 Å². The molecule has 2 N–H and O–H groups in total. The highest BCUT2D eigenvalue weighted by Gasteiger charge is 2.17. The second-order valence-electron chi connectivity index (χ2n) is 4.94. The van der Waals surface area contributed by atoms with E-state index in [1.807, 2.05) is 20.8 Å². The summed E-state index contributed by atoms with van der Waals surface area (Å²) in [7, 11) is -2.20. The van der Waals surface area contributed by atoms with Gasteiger partial charge in [0.2, 0.25) is 10.0 Å². The lowest BCUT2D eigenvalue weighted by atomic mass is 10.1. The number of sulfonamides is 1. The normalized spacial score (nSPS) is 12.2. The van der Waals surface area contributed by atoms with Gasteiger partial charge in [0.25, 0.3) is 5.91 Å². The number of hydrogen-bond acceptors (Lipinski definition) is 3. The molecule has 18 heavy (non-hydrogen) atoms. The highest BCUT2D eigenvalue weighted by atomic mass is 32.2. The van der Waals surface area contributed by atoms with E-state index in [1.54, 1.807) is 12.1 Å². The molecule has 5 nitrogen and oxygen atoms in total. The van der Waals surface area contributed by atoms with Crippen molar-refractivity contribution in [3.05, 3.63) is 29.8 Å². The van der Waals surface area contributed by atoms with Crippen LogP contribution in [0.15, 0.2) is 29.2 Å². The summed E-state index contributed by atoms with van der Waals surface area (Å²) in [5.74, 6) is -0.296. The second-order valence-corrected chi connectivity index (χ2v) is 6.83. The van der Waals surface area contributed by atoms with E-state index in [0.29, 0.717) is 5.56 Å². The lowest BCUT2D eigenvalue weighted by Gasteiger charge is -2.20. The van der Waals surface area contributed by atoms with Crippen LogP contribution in [-0.2, 0) is 10.0 Å². The molecule has 6 heteroatoms. The van der Waals surface area contributed by atoms with Gasteiger partial charge in [-0.3, -0.25) is 4.79 Å². The van der Waals surface area contributed by atoms with Crippen molar-refractivity contribution in [1.29, 1.82) is 0 Å². The number of amides is 1. The van der Waals surface area contributed by atoms with Gasteiger partial charge in [0.1, 0.15) is 0 Å². The van der Waals surface area contributed by atoms with Crippen LogP contribution in [-0.4, -0.2) is 26.9 Å². The van der Waals surface area contributed by atoms with Gasteiger partial charge in [0.05, 0.1) is 4.90 Å². The average Bonchev–Trinajstić information content (AvgIpc) is 2.27. The lowest BCUT2D eigenvalue weighted by molar-refractivity contribution is 0.0919. The molecule has 1 aromatic rings. The summed E-state index contributed by atoms with van der Waals surface area (Å²) < 4.78 is 25.4. The van der Waals surface area contributed by atoms with E-state index in [0.717, 1.165) is 0 Å². The molecule has 1 amide bonds. The minimum Gasteiger partial charge on any atom is -0.347 e. The molecule has 0 radical (unpaired) electrons. The maximum atomic E-state index is 11.9. The third-order valence-electron chi connectivity index (χ3n) is 2.16. The molecule has 0 aliphatic carbocycles. The quantitative estimate of drug-likeness (QED) is 0.864. The van der Waals surface area contributed by atoms with Crippen LogP contribution in [0, 0.1) is 0 Å². The molecule has 0 saturated heterocycles. The zero-order chi connectivity index (χ0) is 14.0. The van der Waals surface area contributed by atoms with Crippen molar-refractivity contribution in [2.24, 2.45) is 0 Å². The number of carbonyl (C=O) groups excluding carboxylic acids is 1. The second kappa shape index (κ2) is 5.07. The van der Waals surface area contributed by atoms with E-state index >= 15 is 0 Å². The van der Waals surface area contributed by atoms with Crippen LogP contribution in [0.4, 0.5) is 0 Å². The van der Waals surface area contributed by atoms with Gasteiger partial charge in [0, 0.05) is 11.1 Å². The highest BCUT2D eigenvalue weighted by Crippen LogP contribution is 2.12. The Balaban J connectivity index is 3.07. The molecule has 0 saturated carbocycles. The van der Waals surface area contributed by atoms with Gasteiger partial charge in [-0.2, -0.15) is 0 Å². The Morgan fingerprint density at radius 1 is 1.22 bits per heavy atom. The molecular formula is C12H18N2O3S. The standard InChI is InChI=1S/C12H18N2O3S/c1-12(2,3)14-11(15)9-6-5-7-10(8-9)18(16,17)13-4/h5-8,13H,1-4H3,(H,14,15). The maximum absolute atomic E-state index is 11.9. The zero-order valence-corrected chi connectivity index (χ0v) is 11.8. The molecule has 0 unspecified atom stereocenters. The summed E-state index contributed by atoms with van der Waals surface area (Å²) >= 11 is 0. The van der Waals surface area contributed by atoms with Gasteiger partial charge in [-0.05, 0) is 46.0 Å². The van der Waals surface area contributed by atoms with Crippen molar-refractivity contribution >= 4 is 15.9 Å². The van der Waals surface area contributed by atoms with E-state index in [2.05, 4.69) is 10.0 Å². The van der Waals surface area contributed by atoms with Crippen LogP contribution in [0.3, 0.4) is 0 Å². The molecule has 100 valence electrons. The number of benzene rings is 1. The Kier molecular flexibility index (Phi) is 4.13. The summed E-state index contributed by atoms with van der Waals surface area (Å²) in [6.45, 7) is 5.58. The minimum atomic E-state index is -3.53. The minimum absolute atomic E-state index is 0.0755. The van der Waals surface area contributed by atoms with Crippen LogP contribution < -0.4 is 10.0 Å². The Morgan fingerprint density at radius 3 is 2.33 bits per heavy atom. The predicted molar refractivity (Wildman–Crippen MR) is 69.9 cm³/mol. The summed E-state index contributed by atoms with van der Waals surface area (Å²) in [6.07, 6.45) is 0. The third kappa shape index (κ3) is 3.82. The number of carbonyl (C=O) groups is 1. The number of hydrogen-bond donors (Lipinski definition) is 2. The van der Waals surface area contributed by atoms with Crippen LogP contribution in [0.25, 0.3) is 0 Å². The van der Waals surface area contributed by atoms with E-state index in [4.69, 9.17) is 0 Å². The molecule has 0 bridgehead atoms. The van der Waals surface area contributed by atoms with Gasteiger partial charge >= 0.3 is 0 Å². The SMILES string of the molecule is CNS(=O)(=O)c1cccc(C(=O)NC(C)(C)C)c1. The lowest BCUT2D eigenvalue weighted by Crippen LogP contribution is -2.40. The number of rotatable bonds is 3. The first-order chi connectivity index (χ1) is 8.15. The van der Waals surface area contributed by atoms with Crippen molar-refractivity contribution in [2.45, 2.75) is 31.2 Å². The summed E-state index contributed by atoms with van der Waals surface area (Å²) in [5, 5.41) is 2.78. The van der Waals surface area contributed by atoms with E-state index in [1.165, 1.54) is 19.2 Å². The molecular weight excluding hydrogens is 252 g/mol.